The molecule has 1 nitrogen and oxygen atoms in total. The lowest BCUT2D eigenvalue weighted by Crippen LogP contribution is -2.25. The van der Waals surface area contributed by atoms with Crippen molar-refractivity contribution in [3.8, 4) is 22.3 Å². The highest BCUT2D eigenvalue weighted by Gasteiger charge is 2.52. The number of benzene rings is 5. The molecule has 0 bridgehead atoms. The molecule has 33 heavy (non-hydrogen) atoms. The zero-order valence-corrected chi connectivity index (χ0v) is 19.2. The number of fused-ring (bicyclic) bond motifs is 14. The van der Waals surface area contributed by atoms with E-state index in [1.165, 1.54) is 55.3 Å². The van der Waals surface area contributed by atoms with Crippen LogP contribution in [0.1, 0.15) is 22.3 Å². The van der Waals surface area contributed by atoms with Gasteiger partial charge in [-0.1, -0.05) is 107 Å². The molecule has 6 aromatic rings. The highest BCUT2D eigenvalue weighted by Crippen LogP contribution is 2.64. The molecule has 0 amide bonds. The van der Waals surface area contributed by atoms with Gasteiger partial charge in [-0.05, 0) is 45.5 Å². The molecule has 0 radical (unpaired) electrons. The summed E-state index contributed by atoms with van der Waals surface area (Å²) < 4.78 is 7.68. The zero-order chi connectivity index (χ0) is 21.7. The van der Waals surface area contributed by atoms with E-state index in [1.807, 2.05) is 6.07 Å². The van der Waals surface area contributed by atoms with Crippen LogP contribution < -0.4 is 0 Å². The number of halogens is 1. The highest BCUT2D eigenvalue weighted by molar-refractivity contribution is 9.10. The Hall–Kier alpha value is -3.62. The van der Waals surface area contributed by atoms with E-state index in [0.717, 1.165) is 15.6 Å². The molecular weight excluding hydrogens is 468 g/mol. The maximum Gasteiger partial charge on any atom is 0.143 e. The fraction of sp³-hybridized carbons (Fsp3) is 0.0323. The Balaban J connectivity index is 1.63. The molecular formula is C31H17BrO. The Kier molecular flexibility index (Phi) is 3.27. The van der Waals surface area contributed by atoms with Gasteiger partial charge >= 0.3 is 0 Å². The molecule has 2 heteroatoms. The summed E-state index contributed by atoms with van der Waals surface area (Å²) in [4.78, 5) is 0. The SMILES string of the molecule is Brc1cccc2c1-c1ccccc1C21c2ccccc2-c2c1ccc1c2oc2ccccc21. The van der Waals surface area contributed by atoms with Gasteiger partial charge in [0.1, 0.15) is 11.2 Å². The quantitative estimate of drug-likeness (QED) is 0.209. The molecule has 1 spiro atoms. The normalized spacial score (nSPS) is 17.4. The van der Waals surface area contributed by atoms with Crippen molar-refractivity contribution >= 4 is 37.9 Å². The molecule has 0 saturated heterocycles. The first-order chi connectivity index (χ1) is 16.3. The van der Waals surface area contributed by atoms with E-state index >= 15 is 0 Å². The molecule has 154 valence electrons. The van der Waals surface area contributed by atoms with Crippen molar-refractivity contribution in [1.29, 1.82) is 0 Å². The standard InChI is InChI=1S/C31H17BrO/c32-26-14-7-13-24-28(26)20-9-1-4-11-22(20)31(24)23-12-5-2-10-21(23)29-25(31)17-16-19-18-8-3-6-15-27(18)33-30(19)29/h1-17H. The van der Waals surface area contributed by atoms with Crippen LogP contribution in [-0.4, -0.2) is 0 Å². The Morgan fingerprint density at radius 3 is 1.97 bits per heavy atom. The highest BCUT2D eigenvalue weighted by atomic mass is 79.9. The largest absolute Gasteiger partial charge is 0.455 e. The Bertz CT molecular complexity index is 1790. The fourth-order valence-electron chi connectivity index (χ4n) is 6.41. The van der Waals surface area contributed by atoms with Crippen LogP contribution in [0.5, 0.6) is 0 Å². The van der Waals surface area contributed by atoms with Gasteiger partial charge in [0, 0.05) is 26.4 Å². The summed E-state index contributed by atoms with van der Waals surface area (Å²) >= 11 is 3.87. The van der Waals surface area contributed by atoms with Crippen molar-refractivity contribution in [2.24, 2.45) is 0 Å². The van der Waals surface area contributed by atoms with Gasteiger partial charge in [-0.2, -0.15) is 0 Å². The lowest BCUT2D eigenvalue weighted by molar-refractivity contribution is 0.669. The minimum Gasteiger partial charge on any atom is -0.455 e. The second-order valence-electron chi connectivity index (χ2n) is 8.97. The minimum absolute atomic E-state index is 0.352. The van der Waals surface area contributed by atoms with E-state index in [4.69, 9.17) is 4.42 Å². The summed E-state index contributed by atoms with van der Waals surface area (Å²) in [5.41, 5.74) is 12.0. The number of furan rings is 1. The van der Waals surface area contributed by atoms with Crippen molar-refractivity contribution in [3.63, 3.8) is 0 Å². The summed E-state index contributed by atoms with van der Waals surface area (Å²) in [6.45, 7) is 0. The summed E-state index contributed by atoms with van der Waals surface area (Å²) in [5.74, 6) is 0. The molecule has 5 aromatic carbocycles. The Morgan fingerprint density at radius 1 is 0.515 bits per heavy atom. The molecule has 2 aliphatic rings. The monoisotopic (exact) mass is 484 g/mol. The van der Waals surface area contributed by atoms with Crippen LogP contribution in [0.15, 0.2) is 112 Å². The molecule has 2 aliphatic carbocycles. The van der Waals surface area contributed by atoms with E-state index in [0.29, 0.717) is 0 Å². The Labute approximate surface area is 199 Å². The van der Waals surface area contributed by atoms with Crippen molar-refractivity contribution in [3.05, 3.63) is 130 Å². The van der Waals surface area contributed by atoms with E-state index in [-0.39, 0.29) is 5.41 Å². The zero-order valence-electron chi connectivity index (χ0n) is 17.6. The van der Waals surface area contributed by atoms with Crippen LogP contribution in [0.4, 0.5) is 0 Å². The first kappa shape index (κ1) is 17.9. The summed E-state index contributed by atoms with van der Waals surface area (Å²) in [5, 5.41) is 2.35. The molecule has 1 aromatic heterocycles. The second-order valence-corrected chi connectivity index (χ2v) is 9.82. The minimum atomic E-state index is -0.352. The van der Waals surface area contributed by atoms with E-state index in [1.54, 1.807) is 0 Å². The predicted octanol–water partition coefficient (Wildman–Crippen LogP) is 8.69. The van der Waals surface area contributed by atoms with Gasteiger partial charge in [0.25, 0.3) is 0 Å². The molecule has 0 fully saturated rings. The van der Waals surface area contributed by atoms with Crippen molar-refractivity contribution in [1.82, 2.24) is 0 Å². The van der Waals surface area contributed by atoms with Crippen molar-refractivity contribution in [2.75, 3.05) is 0 Å². The molecule has 0 aliphatic heterocycles. The van der Waals surface area contributed by atoms with E-state index < -0.39 is 0 Å². The topological polar surface area (TPSA) is 13.1 Å². The third-order valence-corrected chi connectivity index (χ3v) is 8.23. The smallest absolute Gasteiger partial charge is 0.143 e. The van der Waals surface area contributed by atoms with E-state index in [2.05, 4.69) is 113 Å². The lowest BCUT2D eigenvalue weighted by atomic mass is 9.70. The average Bonchev–Trinajstić information content (AvgIpc) is 3.48. The second kappa shape index (κ2) is 6.03. The summed E-state index contributed by atoms with van der Waals surface area (Å²) in [7, 11) is 0. The first-order valence-electron chi connectivity index (χ1n) is 11.2. The molecule has 1 unspecified atom stereocenters. The number of para-hydroxylation sites is 1. The van der Waals surface area contributed by atoms with Crippen LogP contribution in [0.25, 0.3) is 44.2 Å². The summed E-state index contributed by atoms with van der Waals surface area (Å²) in [6, 6.07) is 37.3. The maximum absolute atomic E-state index is 6.55. The first-order valence-corrected chi connectivity index (χ1v) is 12.0. The van der Waals surface area contributed by atoms with Gasteiger partial charge in [0.15, 0.2) is 0 Å². The van der Waals surface area contributed by atoms with Crippen molar-refractivity contribution < 1.29 is 4.42 Å². The van der Waals surface area contributed by atoms with Crippen LogP contribution in [0, 0.1) is 0 Å². The van der Waals surface area contributed by atoms with Gasteiger partial charge < -0.3 is 4.42 Å². The number of rotatable bonds is 0. The van der Waals surface area contributed by atoms with Gasteiger partial charge in [0.05, 0.1) is 5.41 Å². The van der Waals surface area contributed by atoms with Crippen LogP contribution in [0.3, 0.4) is 0 Å². The molecule has 1 heterocycles. The van der Waals surface area contributed by atoms with Gasteiger partial charge in [-0.15, -0.1) is 0 Å². The predicted molar refractivity (Wildman–Crippen MR) is 138 cm³/mol. The van der Waals surface area contributed by atoms with Crippen molar-refractivity contribution in [2.45, 2.75) is 5.41 Å². The lowest BCUT2D eigenvalue weighted by Gasteiger charge is -2.30. The van der Waals surface area contributed by atoms with Gasteiger partial charge in [-0.3, -0.25) is 0 Å². The van der Waals surface area contributed by atoms with Gasteiger partial charge in [0.2, 0.25) is 0 Å². The number of hydrogen-bond acceptors (Lipinski definition) is 1. The molecule has 8 rings (SSSR count). The summed E-state index contributed by atoms with van der Waals surface area (Å²) in [6.07, 6.45) is 0. The fourth-order valence-corrected chi connectivity index (χ4v) is 6.99. The number of hydrogen-bond donors (Lipinski definition) is 0. The van der Waals surface area contributed by atoms with E-state index in [9.17, 15) is 0 Å². The Morgan fingerprint density at radius 2 is 1.15 bits per heavy atom. The average molecular weight is 485 g/mol. The van der Waals surface area contributed by atoms with Crippen LogP contribution in [0.2, 0.25) is 0 Å². The third kappa shape index (κ3) is 1.96. The van der Waals surface area contributed by atoms with Crippen LogP contribution in [-0.2, 0) is 5.41 Å². The maximum atomic E-state index is 6.55. The van der Waals surface area contributed by atoms with Crippen LogP contribution >= 0.6 is 15.9 Å². The third-order valence-electron chi connectivity index (χ3n) is 7.57. The van der Waals surface area contributed by atoms with Gasteiger partial charge in [-0.25, -0.2) is 0 Å². The molecule has 1 atom stereocenters. The molecule has 0 N–H and O–H groups in total. The molecule has 0 saturated carbocycles.